The van der Waals surface area contributed by atoms with Crippen LogP contribution in [0.15, 0.2) is 48.0 Å². The Hall–Kier alpha value is -2.98. The second-order valence-electron chi connectivity index (χ2n) is 13.5. The van der Waals surface area contributed by atoms with Crippen LogP contribution in [0.3, 0.4) is 0 Å². The highest BCUT2D eigenvalue weighted by Gasteiger charge is 2.72. The maximum Gasteiger partial charge on any atom is 0.335 e. The minimum absolute atomic E-state index is 0.0797. The fourth-order valence-corrected chi connectivity index (χ4v) is 7.37. The number of carbonyl (C=O) groups is 2. The molecule has 2 heterocycles. The zero-order chi connectivity index (χ0) is 31.6. The number of hydrogen-bond acceptors (Lipinski definition) is 7. The molecule has 6 atom stereocenters. The van der Waals surface area contributed by atoms with E-state index >= 15 is 0 Å². The number of allylic oxidation sites excluding steroid dienone is 1. The van der Waals surface area contributed by atoms with E-state index in [2.05, 4.69) is 32.6 Å². The molecular formula is C35H47NO8. The van der Waals surface area contributed by atoms with Crippen LogP contribution in [-0.4, -0.2) is 66.3 Å². The Labute approximate surface area is 259 Å². The molecule has 2 saturated carbocycles. The first-order valence-corrected chi connectivity index (χ1v) is 15.9. The van der Waals surface area contributed by atoms with Gasteiger partial charge in [-0.25, -0.2) is 4.79 Å². The van der Waals surface area contributed by atoms with Crippen LogP contribution in [0.5, 0.6) is 5.75 Å². The smallest absolute Gasteiger partial charge is 0.335 e. The number of carboxylic acids is 1. The van der Waals surface area contributed by atoms with Crippen molar-refractivity contribution in [2.45, 2.75) is 108 Å². The van der Waals surface area contributed by atoms with Crippen LogP contribution in [0, 0.1) is 11.8 Å². The molecule has 2 aromatic rings. The van der Waals surface area contributed by atoms with Crippen molar-refractivity contribution in [2.24, 2.45) is 11.8 Å². The van der Waals surface area contributed by atoms with Crippen LogP contribution in [-0.2, 0) is 23.7 Å². The summed E-state index contributed by atoms with van der Waals surface area (Å²) in [6, 6.07) is 10.5. The molecule has 0 aromatic heterocycles. The fraction of sp³-hybridized carbons (Fsp3) is 0.600. The lowest BCUT2D eigenvalue weighted by atomic mass is 9.68. The lowest BCUT2D eigenvalue weighted by Crippen LogP contribution is -2.61. The van der Waals surface area contributed by atoms with E-state index in [1.807, 2.05) is 6.07 Å². The number of epoxide rings is 2. The number of fused-ring (bicyclic) bond motifs is 1. The summed E-state index contributed by atoms with van der Waals surface area (Å²) < 4.78 is 24.2. The van der Waals surface area contributed by atoms with Gasteiger partial charge in [0.1, 0.15) is 23.4 Å². The lowest BCUT2D eigenvalue weighted by molar-refractivity contribution is -0.426. The Balaban J connectivity index is 0.000000229. The number of methoxy groups -OCH3 is 1. The summed E-state index contributed by atoms with van der Waals surface area (Å²) in [6.45, 7) is 7.16. The van der Waals surface area contributed by atoms with E-state index in [1.165, 1.54) is 11.6 Å². The van der Waals surface area contributed by atoms with Crippen LogP contribution in [0.2, 0.25) is 0 Å². The molecule has 1 spiro atoms. The first-order valence-electron chi connectivity index (χ1n) is 15.9. The molecule has 9 nitrogen and oxygen atoms in total. The first kappa shape index (κ1) is 32.4. The summed E-state index contributed by atoms with van der Waals surface area (Å²) in [4.78, 5) is 23.4. The summed E-state index contributed by atoms with van der Waals surface area (Å²) >= 11 is 0. The predicted octanol–water partition coefficient (Wildman–Crippen LogP) is 4.41. The van der Waals surface area contributed by atoms with Crippen molar-refractivity contribution in [1.82, 2.24) is 0 Å². The van der Waals surface area contributed by atoms with Crippen LogP contribution >= 0.6 is 0 Å². The fourth-order valence-electron chi connectivity index (χ4n) is 7.37. The summed E-state index contributed by atoms with van der Waals surface area (Å²) in [6.07, 6.45) is 9.50. The zero-order valence-corrected chi connectivity index (χ0v) is 26.4. The molecule has 2 aromatic carbocycles. The minimum atomic E-state index is -1.18. The standard InChI is InChI=1S/C24H39NO5.C11H8O3/c1-15(2)5-10-19-23(3,30-19)22-21(27-4)18(11-12-24(22)14-28-24)29-20(26)13-16-6-8-17(25)9-7-16;12-10-8-4-2-1-3-7(8)5-6-9(10)11(13)14/h5,16-19,21-22H,6-14,25H2,1-4H3;1-6,12H,(H,13,14)/t16?,17?,18?,19-,21?,22?,23-,24+;/m1./s1. The Morgan fingerprint density at radius 2 is 1.82 bits per heavy atom. The average molecular weight is 610 g/mol. The van der Waals surface area contributed by atoms with E-state index < -0.39 is 11.7 Å². The number of quaternary nitrogens is 1. The van der Waals surface area contributed by atoms with E-state index in [0.29, 0.717) is 23.8 Å². The number of rotatable bonds is 8. The van der Waals surface area contributed by atoms with Crippen LogP contribution in [0.4, 0.5) is 0 Å². The van der Waals surface area contributed by atoms with E-state index in [1.54, 1.807) is 31.4 Å². The number of aromatic carboxylic acids is 1. The number of esters is 1. The molecule has 6 rings (SSSR count). The lowest BCUT2D eigenvalue weighted by Gasteiger charge is -2.42. The van der Waals surface area contributed by atoms with Crippen LogP contribution in [0.1, 0.15) is 82.5 Å². The predicted molar refractivity (Wildman–Crippen MR) is 163 cm³/mol. The Kier molecular flexibility index (Phi) is 9.70. The molecule has 0 bridgehead atoms. The monoisotopic (exact) mass is 609 g/mol. The number of carbonyl (C=O) groups excluding carboxylic acids is 1. The van der Waals surface area contributed by atoms with E-state index in [0.717, 1.165) is 56.9 Å². The van der Waals surface area contributed by atoms with Gasteiger partial charge in [0.25, 0.3) is 0 Å². The maximum absolute atomic E-state index is 12.7. The molecule has 9 heteroatoms. The number of carboxylic acid groups (broad SMARTS) is 1. The summed E-state index contributed by atoms with van der Waals surface area (Å²) in [5.74, 6) is -1.16. The van der Waals surface area contributed by atoms with Gasteiger partial charge in [-0.05, 0) is 88.5 Å². The van der Waals surface area contributed by atoms with Gasteiger partial charge in [0, 0.05) is 13.5 Å². The molecule has 4 aliphatic rings. The Morgan fingerprint density at radius 3 is 2.45 bits per heavy atom. The molecule has 0 amide bonds. The number of benzene rings is 2. The third-order valence-corrected chi connectivity index (χ3v) is 10.1. The normalized spacial score (nSPS) is 34.0. The van der Waals surface area contributed by atoms with Crippen molar-refractivity contribution in [2.75, 3.05) is 13.7 Å². The van der Waals surface area contributed by atoms with Crippen LogP contribution in [0.25, 0.3) is 10.8 Å². The van der Waals surface area contributed by atoms with Crippen molar-refractivity contribution in [3.05, 3.63) is 53.6 Å². The van der Waals surface area contributed by atoms with Crippen molar-refractivity contribution in [3.63, 3.8) is 0 Å². The van der Waals surface area contributed by atoms with Crippen molar-refractivity contribution in [3.8, 4) is 5.75 Å². The van der Waals surface area contributed by atoms with Gasteiger partial charge in [-0.1, -0.05) is 47.7 Å². The zero-order valence-electron chi connectivity index (χ0n) is 26.4. The molecule has 240 valence electrons. The van der Waals surface area contributed by atoms with E-state index in [9.17, 15) is 14.7 Å². The van der Waals surface area contributed by atoms with Crippen molar-refractivity contribution >= 4 is 22.7 Å². The Morgan fingerprint density at radius 1 is 1.11 bits per heavy atom. The van der Waals surface area contributed by atoms with Gasteiger partial charge in [0.15, 0.2) is 0 Å². The third-order valence-electron chi connectivity index (χ3n) is 10.1. The van der Waals surface area contributed by atoms with Gasteiger partial charge in [-0.15, -0.1) is 0 Å². The molecule has 2 saturated heterocycles. The molecule has 2 aliphatic heterocycles. The van der Waals surface area contributed by atoms with Gasteiger partial charge >= 0.3 is 11.9 Å². The molecule has 4 N–H and O–H groups in total. The van der Waals surface area contributed by atoms with Crippen molar-refractivity contribution in [1.29, 1.82) is 0 Å². The molecule has 44 heavy (non-hydrogen) atoms. The Bertz CT molecular complexity index is 1370. The number of hydrogen-bond donors (Lipinski definition) is 2. The van der Waals surface area contributed by atoms with Gasteiger partial charge in [0.2, 0.25) is 0 Å². The summed E-state index contributed by atoms with van der Waals surface area (Å²) in [5, 5.41) is 21.5. The largest absolute Gasteiger partial charge is 0.871 e. The highest BCUT2D eigenvalue weighted by Crippen LogP contribution is 2.59. The van der Waals surface area contributed by atoms with Crippen LogP contribution < -0.4 is 10.8 Å². The second-order valence-corrected chi connectivity index (χ2v) is 13.5. The van der Waals surface area contributed by atoms with Gasteiger partial charge in [0.05, 0.1) is 30.2 Å². The topological polar surface area (TPSA) is 149 Å². The highest BCUT2D eigenvalue weighted by molar-refractivity contribution is 5.99. The molecule has 3 unspecified atom stereocenters. The summed E-state index contributed by atoms with van der Waals surface area (Å²) in [7, 11) is 1.73. The maximum atomic E-state index is 12.7. The van der Waals surface area contributed by atoms with Crippen molar-refractivity contribution < 1.29 is 44.5 Å². The summed E-state index contributed by atoms with van der Waals surface area (Å²) in [5.41, 5.74) is 4.81. The second kappa shape index (κ2) is 13.2. The molecule has 0 radical (unpaired) electrons. The minimum Gasteiger partial charge on any atom is -0.871 e. The highest BCUT2D eigenvalue weighted by atomic mass is 16.6. The van der Waals surface area contributed by atoms with E-state index in [-0.39, 0.29) is 47.0 Å². The van der Waals surface area contributed by atoms with Gasteiger partial charge in [-0.2, -0.15) is 0 Å². The third kappa shape index (κ3) is 6.96. The SMILES string of the molecule is COC1C(OC(=O)CC2CCC([NH3+])CC2)CC[C@]2(CO2)C1[C@]1(C)O[C@@H]1CC=C(C)C.O=C(O)c1ccc2ccccc2c1[O-]. The van der Waals surface area contributed by atoms with Gasteiger partial charge < -0.3 is 34.9 Å². The number of ether oxygens (including phenoxy) is 4. The first-order chi connectivity index (χ1) is 21.0. The molecular weight excluding hydrogens is 562 g/mol. The quantitative estimate of drug-likeness (QED) is 0.254. The average Bonchev–Trinajstić information content (AvgIpc) is 3.91. The molecule has 2 aliphatic carbocycles. The molecule has 4 fully saturated rings. The van der Waals surface area contributed by atoms with Gasteiger partial charge in [-0.3, -0.25) is 4.79 Å². The van der Waals surface area contributed by atoms with E-state index in [4.69, 9.17) is 24.1 Å².